The molecule has 0 bridgehead atoms. The van der Waals surface area contributed by atoms with E-state index in [1.54, 1.807) is 18.2 Å². The molecule has 0 spiro atoms. The molecule has 0 atom stereocenters. The topological polar surface area (TPSA) is 69.7 Å². The van der Waals surface area contributed by atoms with Crippen LogP contribution < -0.4 is 5.32 Å². The summed E-state index contributed by atoms with van der Waals surface area (Å²) in [4.78, 5) is 13.7. The minimum atomic E-state index is -3.95. The van der Waals surface area contributed by atoms with E-state index >= 15 is 0 Å². The maximum absolute atomic E-state index is 14.1. The van der Waals surface area contributed by atoms with Gasteiger partial charge in [0.1, 0.15) is 16.5 Å². The Kier molecular flexibility index (Phi) is 5.50. The minimum Gasteiger partial charge on any atom is -0.337 e. The van der Waals surface area contributed by atoms with E-state index in [0.717, 1.165) is 18.9 Å². The summed E-state index contributed by atoms with van der Waals surface area (Å²) in [6.07, 6.45) is 1.62. The lowest BCUT2D eigenvalue weighted by molar-refractivity contribution is 0.171. The van der Waals surface area contributed by atoms with E-state index in [0.29, 0.717) is 12.1 Å². The van der Waals surface area contributed by atoms with Gasteiger partial charge in [-0.15, -0.1) is 0 Å². The first kappa shape index (κ1) is 20.7. The molecule has 1 aliphatic heterocycles. The van der Waals surface area contributed by atoms with Crippen molar-refractivity contribution in [3.8, 4) is 0 Å². The summed E-state index contributed by atoms with van der Waals surface area (Å²) in [5, 5.41) is 2.87. The summed E-state index contributed by atoms with van der Waals surface area (Å²) in [6, 6.07) is 11.6. The van der Waals surface area contributed by atoms with Crippen molar-refractivity contribution in [2.75, 3.05) is 32.7 Å². The first-order valence-corrected chi connectivity index (χ1v) is 11.3. The maximum Gasteiger partial charge on any atom is 0.317 e. The molecule has 2 aromatic carbocycles. The molecule has 1 heterocycles. The molecule has 0 aromatic heterocycles. The largest absolute Gasteiger partial charge is 0.337 e. The summed E-state index contributed by atoms with van der Waals surface area (Å²) in [6.45, 7) is 0.907. The lowest BCUT2D eigenvalue weighted by Crippen LogP contribution is -2.53. The van der Waals surface area contributed by atoms with Crippen LogP contribution in [0, 0.1) is 11.6 Å². The zero-order chi connectivity index (χ0) is 21.4. The van der Waals surface area contributed by atoms with E-state index in [1.165, 1.54) is 33.5 Å². The summed E-state index contributed by atoms with van der Waals surface area (Å²) in [5.74, 6) is -1.06. The van der Waals surface area contributed by atoms with Crippen LogP contribution in [0.2, 0.25) is 0 Å². The Morgan fingerprint density at radius 1 is 0.933 bits per heavy atom. The molecule has 1 saturated heterocycles. The van der Waals surface area contributed by atoms with Crippen LogP contribution in [0.25, 0.3) is 0 Å². The van der Waals surface area contributed by atoms with Gasteiger partial charge in [0.25, 0.3) is 0 Å². The first-order chi connectivity index (χ1) is 14.3. The number of nitrogens with zero attached hydrogens (tertiary/aromatic N) is 2. The zero-order valence-corrected chi connectivity index (χ0v) is 17.2. The number of rotatable bonds is 5. The van der Waals surface area contributed by atoms with Gasteiger partial charge in [0.2, 0.25) is 10.0 Å². The van der Waals surface area contributed by atoms with Gasteiger partial charge >= 0.3 is 6.03 Å². The standard InChI is InChI=1S/C21H23F2N3O3S/c22-17-6-2-1-5-16(17)21(9-10-21)15-24-20(27)25-11-13-26(14-12-25)30(28,29)19-8-4-3-7-18(19)23/h1-8H,9-15H2,(H,24,27). The fourth-order valence-corrected chi connectivity index (χ4v) is 5.35. The molecule has 2 fully saturated rings. The lowest BCUT2D eigenvalue weighted by atomic mass is 9.95. The molecule has 30 heavy (non-hydrogen) atoms. The number of piperazine rings is 1. The lowest BCUT2D eigenvalue weighted by Gasteiger charge is -2.34. The van der Waals surface area contributed by atoms with Crippen molar-refractivity contribution in [2.45, 2.75) is 23.2 Å². The Balaban J connectivity index is 1.34. The molecule has 6 nitrogen and oxygen atoms in total. The number of carbonyl (C=O) groups excluding carboxylic acids is 1. The highest BCUT2D eigenvalue weighted by Gasteiger charge is 2.46. The quantitative estimate of drug-likeness (QED) is 0.785. The smallest absolute Gasteiger partial charge is 0.317 e. The molecular formula is C21H23F2N3O3S. The summed E-state index contributed by atoms with van der Waals surface area (Å²) >= 11 is 0. The molecule has 2 aliphatic rings. The summed E-state index contributed by atoms with van der Waals surface area (Å²) in [5.41, 5.74) is 0.253. The van der Waals surface area contributed by atoms with Crippen molar-refractivity contribution >= 4 is 16.1 Å². The molecule has 2 amide bonds. The van der Waals surface area contributed by atoms with E-state index < -0.39 is 15.8 Å². The molecular weight excluding hydrogens is 412 g/mol. The monoisotopic (exact) mass is 435 g/mol. The number of amides is 2. The third-order valence-electron chi connectivity index (χ3n) is 5.86. The van der Waals surface area contributed by atoms with Gasteiger partial charge in [0, 0.05) is 38.1 Å². The number of benzene rings is 2. The predicted molar refractivity (Wildman–Crippen MR) is 107 cm³/mol. The number of urea groups is 1. The van der Waals surface area contributed by atoms with Crippen LogP contribution in [0.1, 0.15) is 18.4 Å². The average molecular weight is 435 g/mol. The van der Waals surface area contributed by atoms with Crippen LogP contribution in [0.5, 0.6) is 0 Å². The van der Waals surface area contributed by atoms with E-state index in [4.69, 9.17) is 0 Å². The van der Waals surface area contributed by atoms with E-state index in [2.05, 4.69) is 5.32 Å². The van der Waals surface area contributed by atoms with Gasteiger partial charge < -0.3 is 10.2 Å². The van der Waals surface area contributed by atoms with E-state index in [1.807, 2.05) is 0 Å². The number of nitrogens with one attached hydrogen (secondary N) is 1. The second kappa shape index (κ2) is 7.96. The van der Waals surface area contributed by atoms with Crippen molar-refractivity contribution in [2.24, 2.45) is 0 Å². The molecule has 1 N–H and O–H groups in total. The van der Waals surface area contributed by atoms with Crippen molar-refractivity contribution in [1.29, 1.82) is 0 Å². The third-order valence-corrected chi connectivity index (χ3v) is 7.79. The Labute approximate surface area is 174 Å². The van der Waals surface area contributed by atoms with E-state index in [9.17, 15) is 22.0 Å². The van der Waals surface area contributed by atoms with Gasteiger partial charge in [-0.25, -0.2) is 22.0 Å². The number of halogens is 2. The van der Waals surface area contributed by atoms with Gasteiger partial charge in [-0.2, -0.15) is 4.31 Å². The molecule has 1 saturated carbocycles. The van der Waals surface area contributed by atoms with Gasteiger partial charge in [0.05, 0.1) is 0 Å². The van der Waals surface area contributed by atoms with E-state index in [-0.39, 0.29) is 48.3 Å². The van der Waals surface area contributed by atoms with Crippen LogP contribution in [0.15, 0.2) is 53.4 Å². The predicted octanol–water partition coefficient (Wildman–Crippen LogP) is 2.71. The Bertz CT molecular complexity index is 1050. The third kappa shape index (κ3) is 3.91. The maximum atomic E-state index is 14.1. The van der Waals surface area contributed by atoms with Crippen LogP contribution in [-0.4, -0.2) is 56.4 Å². The summed E-state index contributed by atoms with van der Waals surface area (Å²) < 4.78 is 54.6. The van der Waals surface area contributed by atoms with Gasteiger partial charge in [-0.05, 0) is 36.6 Å². The highest BCUT2D eigenvalue weighted by Crippen LogP contribution is 2.48. The molecule has 160 valence electrons. The van der Waals surface area contributed by atoms with Crippen LogP contribution in [-0.2, 0) is 15.4 Å². The van der Waals surface area contributed by atoms with Crippen LogP contribution in [0.4, 0.5) is 13.6 Å². The van der Waals surface area contributed by atoms with Crippen LogP contribution in [0.3, 0.4) is 0 Å². The number of hydrogen-bond donors (Lipinski definition) is 1. The Morgan fingerprint density at radius 2 is 1.53 bits per heavy atom. The molecule has 4 rings (SSSR count). The van der Waals surface area contributed by atoms with Crippen LogP contribution >= 0.6 is 0 Å². The zero-order valence-electron chi connectivity index (χ0n) is 16.4. The second-order valence-electron chi connectivity index (χ2n) is 7.74. The molecule has 9 heteroatoms. The fraction of sp³-hybridized carbons (Fsp3) is 0.381. The Morgan fingerprint density at radius 3 is 2.13 bits per heavy atom. The van der Waals surface area contributed by atoms with Crippen molar-refractivity contribution in [3.63, 3.8) is 0 Å². The van der Waals surface area contributed by atoms with Crippen molar-refractivity contribution < 1.29 is 22.0 Å². The average Bonchev–Trinajstić information content (AvgIpc) is 3.53. The number of sulfonamides is 1. The van der Waals surface area contributed by atoms with Crippen molar-refractivity contribution in [1.82, 2.24) is 14.5 Å². The minimum absolute atomic E-state index is 0.0859. The van der Waals surface area contributed by atoms with Gasteiger partial charge in [-0.1, -0.05) is 30.3 Å². The molecule has 0 radical (unpaired) electrons. The number of carbonyl (C=O) groups is 1. The highest BCUT2D eigenvalue weighted by atomic mass is 32.2. The molecule has 0 unspecified atom stereocenters. The van der Waals surface area contributed by atoms with Gasteiger partial charge in [0.15, 0.2) is 0 Å². The van der Waals surface area contributed by atoms with Gasteiger partial charge in [-0.3, -0.25) is 0 Å². The fourth-order valence-electron chi connectivity index (χ4n) is 3.86. The molecule has 2 aromatic rings. The first-order valence-electron chi connectivity index (χ1n) is 9.86. The Hall–Kier alpha value is -2.52. The second-order valence-corrected chi connectivity index (χ2v) is 9.65. The highest BCUT2D eigenvalue weighted by molar-refractivity contribution is 7.89. The normalized spacial score (nSPS) is 18.8. The van der Waals surface area contributed by atoms with Crippen molar-refractivity contribution in [3.05, 3.63) is 65.7 Å². The number of hydrogen-bond acceptors (Lipinski definition) is 3. The summed E-state index contributed by atoms with van der Waals surface area (Å²) in [7, 11) is -3.95. The molecule has 1 aliphatic carbocycles. The SMILES string of the molecule is O=C(NCC1(c2ccccc2F)CC1)N1CCN(S(=O)(=O)c2ccccc2F)CC1.